The van der Waals surface area contributed by atoms with Gasteiger partial charge in [-0.1, -0.05) is 31.4 Å². The van der Waals surface area contributed by atoms with Crippen LogP contribution in [0.2, 0.25) is 0 Å². The van der Waals surface area contributed by atoms with Crippen LogP contribution in [0.5, 0.6) is 0 Å². The average molecular weight is 245 g/mol. The van der Waals surface area contributed by atoms with Gasteiger partial charge in [-0.25, -0.2) is 0 Å². The summed E-state index contributed by atoms with van der Waals surface area (Å²) in [5.41, 5.74) is 2.60. The second-order valence-corrected chi connectivity index (χ2v) is 5.34. The number of benzene rings is 1. The first kappa shape index (κ1) is 13.1. The molecule has 0 bridgehead atoms. The van der Waals surface area contributed by atoms with Crippen LogP contribution in [0.3, 0.4) is 0 Å². The molecule has 1 saturated carbocycles. The van der Waals surface area contributed by atoms with Crippen LogP contribution >= 0.6 is 0 Å². The summed E-state index contributed by atoms with van der Waals surface area (Å²) in [7, 11) is 0. The molecule has 1 N–H and O–H groups in total. The highest BCUT2D eigenvalue weighted by atomic mass is 16.1. The van der Waals surface area contributed by atoms with Crippen LogP contribution in [0.25, 0.3) is 0 Å². The van der Waals surface area contributed by atoms with Gasteiger partial charge in [0, 0.05) is 18.7 Å². The van der Waals surface area contributed by atoms with Crippen molar-refractivity contribution in [1.29, 1.82) is 0 Å². The Morgan fingerprint density at radius 1 is 1.17 bits per heavy atom. The molecule has 1 fully saturated rings. The van der Waals surface area contributed by atoms with E-state index in [0.717, 1.165) is 18.2 Å². The van der Waals surface area contributed by atoms with E-state index in [0.29, 0.717) is 6.42 Å². The number of hydrogen-bond donors (Lipinski definition) is 1. The zero-order valence-corrected chi connectivity index (χ0v) is 11.2. The molecule has 0 heterocycles. The van der Waals surface area contributed by atoms with Gasteiger partial charge < -0.3 is 5.32 Å². The molecule has 1 aliphatic rings. The van der Waals surface area contributed by atoms with Gasteiger partial charge in [-0.2, -0.15) is 0 Å². The zero-order chi connectivity index (χ0) is 12.8. The molecule has 0 spiro atoms. The summed E-state index contributed by atoms with van der Waals surface area (Å²) in [6.45, 7) is 2.37. The Balaban J connectivity index is 1.86. The molecule has 0 amide bonds. The molecule has 0 saturated heterocycles. The topological polar surface area (TPSA) is 29.1 Å². The number of anilines is 1. The Kier molecular flexibility index (Phi) is 4.80. The quantitative estimate of drug-likeness (QED) is 0.845. The van der Waals surface area contributed by atoms with Gasteiger partial charge >= 0.3 is 0 Å². The van der Waals surface area contributed by atoms with Gasteiger partial charge in [0.05, 0.1) is 0 Å². The van der Waals surface area contributed by atoms with E-state index in [2.05, 4.69) is 29.6 Å². The molecule has 18 heavy (non-hydrogen) atoms. The van der Waals surface area contributed by atoms with E-state index in [1.807, 2.05) is 0 Å². The molecular formula is C16H23NO. The predicted molar refractivity (Wildman–Crippen MR) is 76.1 cm³/mol. The molecular weight excluding hydrogens is 222 g/mol. The minimum Gasteiger partial charge on any atom is -0.385 e. The van der Waals surface area contributed by atoms with Crippen molar-refractivity contribution in [1.82, 2.24) is 0 Å². The molecule has 2 nitrogen and oxygen atoms in total. The molecule has 0 radical (unpaired) electrons. The first-order valence-corrected chi connectivity index (χ1v) is 7.09. The van der Waals surface area contributed by atoms with Crippen molar-refractivity contribution in [2.24, 2.45) is 0 Å². The van der Waals surface area contributed by atoms with Crippen LogP contribution in [0.4, 0.5) is 5.69 Å². The van der Waals surface area contributed by atoms with Crippen molar-refractivity contribution in [2.45, 2.75) is 51.4 Å². The van der Waals surface area contributed by atoms with E-state index < -0.39 is 0 Å². The maximum atomic E-state index is 10.9. The van der Waals surface area contributed by atoms with Gasteiger partial charge in [-0.15, -0.1) is 0 Å². The number of carbonyl (C=O) groups is 1. The second kappa shape index (κ2) is 6.58. The third-order valence-electron chi connectivity index (χ3n) is 3.79. The van der Waals surface area contributed by atoms with E-state index in [1.54, 1.807) is 6.92 Å². The number of ketones is 1. The smallest absolute Gasteiger partial charge is 0.131 e. The average Bonchev–Trinajstić information content (AvgIpc) is 2.40. The summed E-state index contributed by atoms with van der Waals surface area (Å²) >= 11 is 0. The van der Waals surface area contributed by atoms with Gasteiger partial charge in [0.15, 0.2) is 0 Å². The van der Waals surface area contributed by atoms with Gasteiger partial charge in [-0.3, -0.25) is 4.79 Å². The van der Waals surface area contributed by atoms with Gasteiger partial charge in [0.25, 0.3) is 0 Å². The molecule has 0 unspecified atom stereocenters. The minimum absolute atomic E-state index is 0.237. The molecule has 2 heteroatoms. The lowest BCUT2D eigenvalue weighted by Gasteiger charge is -2.22. The highest BCUT2D eigenvalue weighted by Gasteiger charge is 2.14. The largest absolute Gasteiger partial charge is 0.385 e. The van der Waals surface area contributed by atoms with E-state index in [4.69, 9.17) is 0 Å². The molecule has 1 aromatic carbocycles. The first-order valence-electron chi connectivity index (χ1n) is 7.09. The van der Waals surface area contributed by atoms with Gasteiger partial charge in [-0.05, 0) is 43.4 Å². The summed E-state index contributed by atoms with van der Waals surface area (Å²) in [5, 5.41) is 3.29. The van der Waals surface area contributed by atoms with Crippen LogP contribution in [0.1, 0.15) is 56.9 Å². The van der Waals surface area contributed by atoms with E-state index in [-0.39, 0.29) is 5.78 Å². The summed E-state index contributed by atoms with van der Waals surface area (Å²) in [4.78, 5) is 10.9. The lowest BCUT2D eigenvalue weighted by molar-refractivity contribution is -0.116. The van der Waals surface area contributed by atoms with Crippen LogP contribution in [-0.2, 0) is 4.79 Å². The fraction of sp³-hybridized carbons (Fsp3) is 0.562. The number of carbonyl (C=O) groups excluding carboxylic acids is 1. The van der Waals surface area contributed by atoms with Crippen molar-refractivity contribution in [3.8, 4) is 0 Å². The molecule has 0 aromatic heterocycles. The van der Waals surface area contributed by atoms with Gasteiger partial charge in [0.1, 0.15) is 5.78 Å². The van der Waals surface area contributed by atoms with Crippen LogP contribution in [0.15, 0.2) is 24.3 Å². The van der Waals surface area contributed by atoms with Crippen molar-refractivity contribution in [3.05, 3.63) is 29.8 Å². The normalized spacial score (nSPS) is 16.5. The molecule has 1 aliphatic carbocycles. The van der Waals surface area contributed by atoms with Crippen molar-refractivity contribution < 1.29 is 4.79 Å². The fourth-order valence-corrected chi connectivity index (χ4v) is 2.69. The summed E-state index contributed by atoms with van der Waals surface area (Å²) in [5.74, 6) is 1.01. The lowest BCUT2D eigenvalue weighted by Crippen LogP contribution is -2.07. The van der Waals surface area contributed by atoms with E-state index in [1.165, 1.54) is 37.7 Å². The molecule has 1 aromatic rings. The van der Waals surface area contributed by atoms with Crippen LogP contribution in [0, 0.1) is 0 Å². The lowest BCUT2D eigenvalue weighted by atomic mass is 9.84. The standard InChI is InChI=1S/C16H23NO/c1-13(18)11-12-17-16-9-7-15(8-10-16)14-5-3-2-4-6-14/h7-10,14,17H,2-6,11-12H2,1H3. The number of hydrogen-bond acceptors (Lipinski definition) is 2. The predicted octanol–water partition coefficient (Wildman–Crippen LogP) is 4.13. The number of Topliss-reactive ketones (excluding diaryl/α,β-unsaturated/α-hetero) is 1. The maximum Gasteiger partial charge on any atom is 0.131 e. The zero-order valence-electron chi connectivity index (χ0n) is 11.2. The highest BCUT2D eigenvalue weighted by Crippen LogP contribution is 2.32. The minimum atomic E-state index is 0.237. The second-order valence-electron chi connectivity index (χ2n) is 5.34. The monoisotopic (exact) mass is 245 g/mol. The Morgan fingerprint density at radius 3 is 2.44 bits per heavy atom. The molecule has 2 rings (SSSR count). The fourth-order valence-electron chi connectivity index (χ4n) is 2.69. The third-order valence-corrected chi connectivity index (χ3v) is 3.79. The third kappa shape index (κ3) is 3.86. The Morgan fingerprint density at radius 2 is 1.83 bits per heavy atom. The van der Waals surface area contributed by atoms with Crippen molar-refractivity contribution in [3.63, 3.8) is 0 Å². The van der Waals surface area contributed by atoms with E-state index >= 15 is 0 Å². The Hall–Kier alpha value is -1.31. The first-order chi connectivity index (χ1) is 8.75. The van der Waals surface area contributed by atoms with Crippen LogP contribution < -0.4 is 5.32 Å². The SMILES string of the molecule is CC(=O)CCNc1ccc(C2CCCCC2)cc1. The van der Waals surface area contributed by atoms with E-state index in [9.17, 15) is 4.79 Å². The summed E-state index contributed by atoms with van der Waals surface area (Å²) in [6.07, 6.45) is 7.45. The Bertz CT molecular complexity index is 377. The van der Waals surface area contributed by atoms with Gasteiger partial charge in [0.2, 0.25) is 0 Å². The molecule has 98 valence electrons. The number of nitrogens with one attached hydrogen (secondary N) is 1. The number of rotatable bonds is 5. The highest BCUT2D eigenvalue weighted by molar-refractivity contribution is 5.76. The summed E-state index contributed by atoms with van der Waals surface area (Å²) < 4.78 is 0. The van der Waals surface area contributed by atoms with Crippen molar-refractivity contribution >= 4 is 11.5 Å². The Labute approximate surface area is 110 Å². The molecule has 0 aliphatic heterocycles. The van der Waals surface area contributed by atoms with Crippen LogP contribution in [-0.4, -0.2) is 12.3 Å². The van der Waals surface area contributed by atoms with Crippen molar-refractivity contribution in [2.75, 3.05) is 11.9 Å². The maximum absolute atomic E-state index is 10.9. The summed E-state index contributed by atoms with van der Waals surface area (Å²) in [6, 6.07) is 8.77. The molecule has 0 atom stereocenters.